The van der Waals surface area contributed by atoms with Crippen molar-refractivity contribution >= 4 is 17.4 Å². The van der Waals surface area contributed by atoms with Gasteiger partial charge in [0.1, 0.15) is 0 Å². The summed E-state index contributed by atoms with van der Waals surface area (Å²) < 4.78 is 37.2. The molecule has 0 aromatic heterocycles. The van der Waals surface area contributed by atoms with Gasteiger partial charge in [-0.25, -0.2) is 0 Å². The molecule has 1 aromatic carbocycles. The molecular weight excluding hydrogens is 229 g/mol. The fourth-order valence-corrected chi connectivity index (χ4v) is 1.50. The number of hydrogen-bond acceptors (Lipinski definition) is 1. The van der Waals surface area contributed by atoms with E-state index >= 15 is 0 Å². The molecule has 0 saturated carbocycles. The SMILES string of the molecule is CCC(=O)c1cccc(C(F)(F)F)c1Cl. The van der Waals surface area contributed by atoms with Crippen molar-refractivity contribution in [3.63, 3.8) is 0 Å². The standard InChI is InChI=1S/C10H8ClF3O/c1-2-8(15)6-4-3-5-7(9(6)11)10(12,13)14/h3-5H,2H2,1H3. The van der Waals surface area contributed by atoms with Crippen molar-refractivity contribution in [2.45, 2.75) is 19.5 Å². The van der Waals surface area contributed by atoms with Crippen LogP contribution in [0, 0.1) is 0 Å². The molecule has 0 amide bonds. The first-order valence-electron chi connectivity index (χ1n) is 4.26. The van der Waals surface area contributed by atoms with E-state index in [0.29, 0.717) is 0 Å². The van der Waals surface area contributed by atoms with Crippen LogP contribution in [-0.2, 0) is 6.18 Å². The number of carbonyl (C=O) groups is 1. The van der Waals surface area contributed by atoms with Crippen LogP contribution in [0.5, 0.6) is 0 Å². The Morgan fingerprint density at radius 1 is 1.40 bits per heavy atom. The number of Topliss-reactive ketones (excluding diaryl/α,β-unsaturated/α-hetero) is 1. The molecule has 82 valence electrons. The van der Waals surface area contributed by atoms with E-state index in [1.807, 2.05) is 0 Å². The number of alkyl halides is 3. The topological polar surface area (TPSA) is 17.1 Å². The van der Waals surface area contributed by atoms with Gasteiger partial charge in [-0.05, 0) is 12.1 Å². The zero-order valence-corrected chi connectivity index (χ0v) is 8.62. The molecule has 0 heterocycles. The second-order valence-electron chi connectivity index (χ2n) is 2.94. The summed E-state index contributed by atoms with van der Waals surface area (Å²) in [5, 5.41) is -0.517. The number of halogens is 4. The summed E-state index contributed by atoms with van der Waals surface area (Å²) in [5.74, 6) is -0.397. The average molecular weight is 237 g/mol. The summed E-state index contributed by atoms with van der Waals surface area (Å²) in [6.45, 7) is 1.57. The van der Waals surface area contributed by atoms with Crippen molar-refractivity contribution in [3.05, 3.63) is 34.3 Å². The van der Waals surface area contributed by atoms with Gasteiger partial charge in [-0.15, -0.1) is 0 Å². The van der Waals surface area contributed by atoms with Gasteiger partial charge in [0.25, 0.3) is 0 Å². The zero-order valence-electron chi connectivity index (χ0n) is 7.86. The number of ketones is 1. The third-order valence-electron chi connectivity index (χ3n) is 1.93. The average Bonchev–Trinajstić information content (AvgIpc) is 2.15. The first-order valence-corrected chi connectivity index (χ1v) is 4.64. The molecule has 0 unspecified atom stereocenters. The van der Waals surface area contributed by atoms with E-state index in [1.54, 1.807) is 6.92 Å². The third kappa shape index (κ3) is 2.50. The summed E-state index contributed by atoms with van der Waals surface area (Å²) in [5.41, 5.74) is -1.04. The summed E-state index contributed by atoms with van der Waals surface area (Å²) in [4.78, 5) is 11.3. The lowest BCUT2D eigenvalue weighted by atomic mass is 10.1. The predicted molar refractivity (Wildman–Crippen MR) is 51.1 cm³/mol. The Morgan fingerprint density at radius 2 is 2.00 bits per heavy atom. The quantitative estimate of drug-likeness (QED) is 0.711. The van der Waals surface area contributed by atoms with Crippen LogP contribution < -0.4 is 0 Å². The molecule has 0 bridgehead atoms. The van der Waals surface area contributed by atoms with E-state index in [-0.39, 0.29) is 12.0 Å². The number of rotatable bonds is 2. The molecule has 1 nitrogen and oxygen atoms in total. The van der Waals surface area contributed by atoms with Gasteiger partial charge in [-0.3, -0.25) is 4.79 Å². The minimum absolute atomic E-state index is 0.0750. The normalized spacial score (nSPS) is 11.5. The molecule has 0 aliphatic carbocycles. The molecule has 0 spiro atoms. The number of hydrogen-bond donors (Lipinski definition) is 0. The van der Waals surface area contributed by atoms with Crippen molar-refractivity contribution in [1.29, 1.82) is 0 Å². The van der Waals surface area contributed by atoms with Gasteiger partial charge in [-0.2, -0.15) is 13.2 Å². The molecule has 0 radical (unpaired) electrons. The van der Waals surface area contributed by atoms with Crippen LogP contribution in [0.3, 0.4) is 0 Å². The van der Waals surface area contributed by atoms with Crippen molar-refractivity contribution in [1.82, 2.24) is 0 Å². The first-order chi connectivity index (χ1) is 6.88. The van der Waals surface area contributed by atoms with Crippen molar-refractivity contribution in [2.75, 3.05) is 0 Å². The van der Waals surface area contributed by atoms with Crippen molar-refractivity contribution in [3.8, 4) is 0 Å². The maximum atomic E-state index is 12.4. The fraction of sp³-hybridized carbons (Fsp3) is 0.300. The van der Waals surface area contributed by atoms with Crippen LogP contribution in [0.25, 0.3) is 0 Å². The Kier molecular flexibility index (Phi) is 3.39. The second-order valence-corrected chi connectivity index (χ2v) is 3.32. The monoisotopic (exact) mass is 236 g/mol. The van der Waals surface area contributed by atoms with Crippen LogP contribution in [0.1, 0.15) is 29.3 Å². The Balaban J connectivity index is 3.30. The third-order valence-corrected chi connectivity index (χ3v) is 2.33. The van der Waals surface area contributed by atoms with E-state index < -0.39 is 22.5 Å². The number of benzene rings is 1. The molecule has 0 N–H and O–H groups in total. The second kappa shape index (κ2) is 4.23. The van der Waals surface area contributed by atoms with Crippen molar-refractivity contribution in [2.24, 2.45) is 0 Å². The van der Waals surface area contributed by atoms with Crippen LogP contribution >= 0.6 is 11.6 Å². The summed E-state index contributed by atoms with van der Waals surface area (Å²) in [7, 11) is 0. The lowest BCUT2D eigenvalue weighted by Crippen LogP contribution is -2.09. The molecule has 0 saturated heterocycles. The van der Waals surface area contributed by atoms with Gasteiger partial charge in [-0.1, -0.05) is 24.6 Å². The first kappa shape index (κ1) is 12.0. The molecule has 0 fully saturated rings. The molecule has 15 heavy (non-hydrogen) atoms. The summed E-state index contributed by atoms with van der Waals surface area (Å²) >= 11 is 5.53. The lowest BCUT2D eigenvalue weighted by molar-refractivity contribution is -0.137. The fourth-order valence-electron chi connectivity index (χ4n) is 1.16. The summed E-state index contributed by atoms with van der Waals surface area (Å²) in [6, 6.07) is 3.33. The largest absolute Gasteiger partial charge is 0.417 e. The molecule has 1 aromatic rings. The molecular formula is C10H8ClF3O. The molecule has 0 aliphatic rings. The highest BCUT2D eigenvalue weighted by atomic mass is 35.5. The van der Waals surface area contributed by atoms with Crippen molar-refractivity contribution < 1.29 is 18.0 Å². The van der Waals surface area contributed by atoms with Gasteiger partial charge in [0, 0.05) is 12.0 Å². The van der Waals surface area contributed by atoms with Gasteiger partial charge < -0.3 is 0 Å². The van der Waals surface area contributed by atoms with E-state index in [0.717, 1.165) is 6.07 Å². The van der Waals surface area contributed by atoms with Crippen LogP contribution in [0.15, 0.2) is 18.2 Å². The van der Waals surface area contributed by atoms with Crippen LogP contribution in [-0.4, -0.2) is 5.78 Å². The zero-order chi connectivity index (χ0) is 11.6. The highest BCUT2D eigenvalue weighted by Crippen LogP contribution is 2.36. The van der Waals surface area contributed by atoms with Gasteiger partial charge in [0.05, 0.1) is 10.6 Å². The van der Waals surface area contributed by atoms with E-state index in [1.165, 1.54) is 12.1 Å². The molecule has 0 atom stereocenters. The minimum atomic E-state index is -4.53. The van der Waals surface area contributed by atoms with Crippen LogP contribution in [0.4, 0.5) is 13.2 Å². The van der Waals surface area contributed by atoms with Gasteiger partial charge in [0.15, 0.2) is 5.78 Å². The maximum Gasteiger partial charge on any atom is 0.417 e. The van der Waals surface area contributed by atoms with Gasteiger partial charge in [0.2, 0.25) is 0 Å². The van der Waals surface area contributed by atoms with E-state index in [2.05, 4.69) is 0 Å². The smallest absolute Gasteiger partial charge is 0.294 e. The summed E-state index contributed by atoms with van der Waals surface area (Å²) in [6.07, 6.45) is -4.40. The highest BCUT2D eigenvalue weighted by Gasteiger charge is 2.34. The highest BCUT2D eigenvalue weighted by molar-refractivity contribution is 6.34. The maximum absolute atomic E-state index is 12.4. The molecule has 1 rings (SSSR count). The van der Waals surface area contributed by atoms with E-state index in [9.17, 15) is 18.0 Å². The van der Waals surface area contributed by atoms with Gasteiger partial charge >= 0.3 is 6.18 Å². The molecule has 5 heteroatoms. The van der Waals surface area contributed by atoms with Crippen LogP contribution in [0.2, 0.25) is 5.02 Å². The Bertz CT molecular complexity index is 385. The Labute approximate surface area is 89.9 Å². The number of carbonyl (C=O) groups excluding carboxylic acids is 1. The van der Waals surface area contributed by atoms with E-state index in [4.69, 9.17) is 11.6 Å². The predicted octanol–water partition coefficient (Wildman–Crippen LogP) is 3.95. The minimum Gasteiger partial charge on any atom is -0.294 e. The molecule has 0 aliphatic heterocycles. The Hall–Kier alpha value is -1.03. The lowest BCUT2D eigenvalue weighted by Gasteiger charge is -2.10. The Morgan fingerprint density at radius 3 is 2.47 bits per heavy atom.